The molecule has 1 heterocycles. The van der Waals surface area contributed by atoms with Crippen molar-refractivity contribution in [1.29, 1.82) is 0 Å². The van der Waals surface area contributed by atoms with Crippen LogP contribution in [0.15, 0.2) is 18.3 Å². The lowest BCUT2D eigenvalue weighted by Crippen LogP contribution is -2.01. The molecule has 0 radical (unpaired) electrons. The van der Waals surface area contributed by atoms with Crippen LogP contribution in [-0.4, -0.2) is 9.91 Å². The summed E-state index contributed by atoms with van der Waals surface area (Å²) in [5.74, 6) is 0. The quantitative estimate of drug-likeness (QED) is 0.645. The predicted octanol–water partition coefficient (Wildman–Crippen LogP) is 4.53. The highest BCUT2D eigenvalue weighted by atomic mass is 35.5. The van der Waals surface area contributed by atoms with Crippen molar-refractivity contribution < 1.29 is 4.92 Å². The number of non-ortho nitro benzene ring substituents is 1. The Kier molecular flexibility index (Phi) is 4.80. The maximum Gasteiger partial charge on any atom is 0.272 e. The Morgan fingerprint density at radius 2 is 2.05 bits per heavy atom. The summed E-state index contributed by atoms with van der Waals surface area (Å²) < 4.78 is 0. The molecule has 8 heteroatoms. The molecule has 0 aliphatic rings. The fourth-order valence-electron chi connectivity index (χ4n) is 1.59. The Balaban J connectivity index is 2.15. The number of rotatable bonds is 5. The first-order valence-corrected chi connectivity index (χ1v) is 7.39. The van der Waals surface area contributed by atoms with Gasteiger partial charge in [-0.25, -0.2) is 4.98 Å². The van der Waals surface area contributed by atoms with E-state index in [0.717, 1.165) is 11.4 Å². The van der Waals surface area contributed by atoms with Crippen LogP contribution >= 0.6 is 34.5 Å². The van der Waals surface area contributed by atoms with E-state index in [2.05, 4.69) is 17.2 Å². The summed E-state index contributed by atoms with van der Waals surface area (Å²) in [5.41, 5.74) is 0.347. The van der Waals surface area contributed by atoms with Gasteiger partial charge < -0.3 is 5.32 Å². The van der Waals surface area contributed by atoms with Gasteiger partial charge in [-0.1, -0.05) is 30.1 Å². The number of aryl methyl sites for hydroxylation is 1. The number of benzene rings is 1. The highest BCUT2D eigenvalue weighted by Gasteiger charge is 2.14. The average Bonchev–Trinajstić information content (AvgIpc) is 2.85. The highest BCUT2D eigenvalue weighted by Crippen LogP contribution is 2.35. The molecule has 20 heavy (non-hydrogen) atoms. The third-order valence-corrected chi connectivity index (χ3v) is 4.34. The molecule has 1 aromatic carbocycles. The first-order chi connectivity index (χ1) is 9.51. The van der Waals surface area contributed by atoms with Crippen LogP contribution in [0, 0.1) is 10.1 Å². The van der Waals surface area contributed by atoms with E-state index in [1.165, 1.54) is 17.0 Å². The van der Waals surface area contributed by atoms with Crippen LogP contribution in [0.1, 0.15) is 16.8 Å². The van der Waals surface area contributed by atoms with Crippen LogP contribution < -0.4 is 5.32 Å². The molecule has 1 aromatic heterocycles. The number of thiazole rings is 1. The SMILES string of the molecule is CCc1cnc(CNc2c(Cl)cc([N+](=O)[O-])cc2Cl)s1. The third-order valence-electron chi connectivity index (χ3n) is 2.60. The Bertz CT molecular complexity index is 622. The normalized spacial score (nSPS) is 10.6. The zero-order valence-corrected chi connectivity index (χ0v) is 12.8. The first-order valence-electron chi connectivity index (χ1n) is 5.82. The minimum atomic E-state index is -0.532. The van der Waals surface area contributed by atoms with Gasteiger partial charge in [-0.2, -0.15) is 0 Å². The van der Waals surface area contributed by atoms with Crippen molar-refractivity contribution in [1.82, 2.24) is 4.98 Å². The molecule has 106 valence electrons. The standard InChI is InChI=1S/C12H11Cl2N3O2S/c1-2-8-5-15-11(20-8)6-16-12-9(13)3-7(17(18)19)4-10(12)14/h3-5,16H,2,6H2,1H3. The minimum absolute atomic E-state index is 0.131. The van der Waals surface area contributed by atoms with Crippen molar-refractivity contribution in [3.63, 3.8) is 0 Å². The fourth-order valence-corrected chi connectivity index (χ4v) is 3.00. The summed E-state index contributed by atoms with van der Waals surface area (Å²) in [6.45, 7) is 2.54. The molecule has 0 atom stereocenters. The van der Waals surface area contributed by atoms with Gasteiger partial charge in [0.15, 0.2) is 0 Å². The van der Waals surface area contributed by atoms with Crippen molar-refractivity contribution in [2.75, 3.05) is 5.32 Å². The number of nitro groups is 1. The molecule has 0 saturated carbocycles. The summed E-state index contributed by atoms with van der Waals surface area (Å²) in [7, 11) is 0. The second kappa shape index (κ2) is 6.39. The number of hydrogen-bond donors (Lipinski definition) is 1. The molecular weight excluding hydrogens is 321 g/mol. The van der Waals surface area contributed by atoms with Gasteiger partial charge in [-0.15, -0.1) is 11.3 Å². The van der Waals surface area contributed by atoms with Crippen LogP contribution in [0.5, 0.6) is 0 Å². The Morgan fingerprint density at radius 3 is 2.55 bits per heavy atom. The van der Waals surface area contributed by atoms with Crippen LogP contribution in [0.2, 0.25) is 10.0 Å². The topological polar surface area (TPSA) is 68.1 Å². The molecule has 2 rings (SSSR count). The number of nitro benzene ring substituents is 1. The second-order valence-electron chi connectivity index (χ2n) is 3.97. The molecule has 2 aromatic rings. The van der Waals surface area contributed by atoms with E-state index in [4.69, 9.17) is 23.2 Å². The summed E-state index contributed by atoms with van der Waals surface area (Å²) in [6, 6.07) is 2.55. The molecular formula is C12H11Cl2N3O2S. The predicted molar refractivity (Wildman–Crippen MR) is 81.9 cm³/mol. The Labute approximate surface area is 129 Å². The molecule has 1 N–H and O–H groups in total. The summed E-state index contributed by atoms with van der Waals surface area (Å²) in [6.07, 6.45) is 2.78. The summed E-state index contributed by atoms with van der Waals surface area (Å²) in [5, 5.41) is 15.1. The summed E-state index contributed by atoms with van der Waals surface area (Å²) in [4.78, 5) is 15.6. The van der Waals surface area contributed by atoms with E-state index in [1.54, 1.807) is 11.3 Å². The van der Waals surface area contributed by atoms with E-state index in [1.807, 2.05) is 6.20 Å². The van der Waals surface area contributed by atoms with Crippen LogP contribution in [0.3, 0.4) is 0 Å². The van der Waals surface area contributed by atoms with Gasteiger partial charge in [0.1, 0.15) is 5.01 Å². The molecule has 0 saturated heterocycles. The molecule has 0 spiro atoms. The number of anilines is 1. The van der Waals surface area contributed by atoms with E-state index in [9.17, 15) is 10.1 Å². The molecule has 0 aliphatic heterocycles. The van der Waals surface area contributed by atoms with Gasteiger partial charge in [-0.3, -0.25) is 10.1 Å². The number of nitrogens with one attached hydrogen (secondary N) is 1. The molecule has 0 bridgehead atoms. The number of nitrogens with zero attached hydrogens (tertiary/aromatic N) is 2. The molecule has 0 amide bonds. The average molecular weight is 332 g/mol. The fraction of sp³-hybridized carbons (Fsp3) is 0.250. The van der Waals surface area contributed by atoms with Crippen molar-refractivity contribution in [2.45, 2.75) is 19.9 Å². The second-order valence-corrected chi connectivity index (χ2v) is 5.98. The van der Waals surface area contributed by atoms with Crippen molar-refractivity contribution in [2.24, 2.45) is 0 Å². The third kappa shape index (κ3) is 3.39. The van der Waals surface area contributed by atoms with Gasteiger partial charge in [0.2, 0.25) is 0 Å². The van der Waals surface area contributed by atoms with E-state index >= 15 is 0 Å². The lowest BCUT2D eigenvalue weighted by atomic mass is 10.3. The van der Waals surface area contributed by atoms with Crippen molar-refractivity contribution in [3.8, 4) is 0 Å². The van der Waals surface area contributed by atoms with Gasteiger partial charge in [0, 0.05) is 23.2 Å². The maximum absolute atomic E-state index is 10.7. The monoisotopic (exact) mass is 331 g/mol. The van der Waals surface area contributed by atoms with Crippen LogP contribution in [0.25, 0.3) is 0 Å². The zero-order chi connectivity index (χ0) is 14.7. The number of hydrogen-bond acceptors (Lipinski definition) is 5. The zero-order valence-electron chi connectivity index (χ0n) is 10.5. The Hall–Kier alpha value is -1.37. The molecule has 0 unspecified atom stereocenters. The largest absolute Gasteiger partial charge is 0.376 e. The van der Waals surface area contributed by atoms with E-state index in [-0.39, 0.29) is 15.7 Å². The molecule has 5 nitrogen and oxygen atoms in total. The molecule has 0 fully saturated rings. The molecule has 0 aliphatic carbocycles. The van der Waals surface area contributed by atoms with Gasteiger partial charge in [-0.05, 0) is 6.42 Å². The Morgan fingerprint density at radius 1 is 1.40 bits per heavy atom. The summed E-state index contributed by atoms with van der Waals surface area (Å²) >= 11 is 13.6. The van der Waals surface area contributed by atoms with Crippen molar-refractivity contribution >= 4 is 45.9 Å². The smallest absolute Gasteiger partial charge is 0.272 e. The maximum atomic E-state index is 10.7. The number of halogens is 2. The number of aromatic nitrogens is 1. The lowest BCUT2D eigenvalue weighted by Gasteiger charge is -2.08. The van der Waals surface area contributed by atoms with Crippen molar-refractivity contribution in [3.05, 3.63) is 48.4 Å². The van der Waals surface area contributed by atoms with Crippen LogP contribution in [0.4, 0.5) is 11.4 Å². The van der Waals surface area contributed by atoms with Crippen LogP contribution in [-0.2, 0) is 13.0 Å². The lowest BCUT2D eigenvalue weighted by molar-refractivity contribution is -0.384. The van der Waals surface area contributed by atoms with Gasteiger partial charge in [0.05, 0.1) is 27.2 Å². The van der Waals surface area contributed by atoms with Gasteiger partial charge in [0.25, 0.3) is 5.69 Å². The van der Waals surface area contributed by atoms with E-state index < -0.39 is 4.92 Å². The highest BCUT2D eigenvalue weighted by molar-refractivity contribution is 7.11. The minimum Gasteiger partial charge on any atom is -0.376 e. The first kappa shape index (κ1) is 15.0. The van der Waals surface area contributed by atoms with Gasteiger partial charge >= 0.3 is 0 Å². The van der Waals surface area contributed by atoms with E-state index in [0.29, 0.717) is 12.2 Å².